The number of carbonyl (C=O) groups is 2. The fraction of sp³-hybridized carbons (Fsp3) is 0.217. The summed E-state index contributed by atoms with van der Waals surface area (Å²) in [7, 11) is 0. The molecule has 0 aliphatic rings. The van der Waals surface area contributed by atoms with Crippen LogP contribution in [0.5, 0.6) is 0 Å². The zero-order valence-electron chi connectivity index (χ0n) is 15.9. The van der Waals surface area contributed by atoms with E-state index in [1.165, 1.54) is 0 Å². The molecule has 3 aromatic rings. The summed E-state index contributed by atoms with van der Waals surface area (Å²) >= 11 is 0. The lowest BCUT2D eigenvalue weighted by molar-refractivity contribution is -0.127. The van der Waals surface area contributed by atoms with E-state index in [9.17, 15) is 9.59 Å². The van der Waals surface area contributed by atoms with Gasteiger partial charge in [0.1, 0.15) is 11.3 Å². The van der Waals surface area contributed by atoms with Crippen LogP contribution in [0.2, 0.25) is 0 Å². The molecule has 0 fully saturated rings. The molecule has 0 unspecified atom stereocenters. The molecule has 0 atom stereocenters. The van der Waals surface area contributed by atoms with Gasteiger partial charge in [0.2, 0.25) is 11.8 Å². The molecule has 2 amide bonds. The lowest BCUT2D eigenvalue weighted by Crippen LogP contribution is -2.32. The topological polar surface area (TPSA) is 76.5 Å². The van der Waals surface area contributed by atoms with Crippen LogP contribution in [-0.4, -0.2) is 23.3 Å². The average Bonchev–Trinajstić information content (AvgIpc) is 3.07. The molecule has 3 rings (SSSR count). The molecule has 1 heterocycles. The number of nitrogens with two attached hydrogens (primary N) is 1. The maximum atomic E-state index is 12.8. The minimum atomic E-state index is -0.427. The van der Waals surface area contributed by atoms with Gasteiger partial charge in [0.25, 0.3) is 0 Å². The molecule has 2 aromatic carbocycles. The molecule has 0 aliphatic carbocycles. The van der Waals surface area contributed by atoms with E-state index in [-0.39, 0.29) is 18.9 Å². The number of rotatable bonds is 8. The number of amides is 2. The third-order valence-corrected chi connectivity index (χ3v) is 4.58. The minimum absolute atomic E-state index is 0.126. The third kappa shape index (κ3) is 4.68. The summed E-state index contributed by atoms with van der Waals surface area (Å²) in [6.07, 6.45) is 4.20. The average molecular weight is 376 g/mol. The van der Waals surface area contributed by atoms with Crippen LogP contribution in [0, 0.1) is 0 Å². The minimum Gasteiger partial charge on any atom is -0.460 e. The molecule has 5 nitrogen and oxygen atoms in total. The maximum Gasteiger partial charge on any atom is 0.246 e. The highest BCUT2D eigenvalue weighted by molar-refractivity contribution is 5.96. The molecule has 0 spiro atoms. The predicted molar refractivity (Wildman–Crippen MR) is 110 cm³/mol. The van der Waals surface area contributed by atoms with Gasteiger partial charge in [-0.05, 0) is 17.7 Å². The van der Waals surface area contributed by atoms with Crippen LogP contribution in [0.15, 0.2) is 65.1 Å². The van der Waals surface area contributed by atoms with Crippen LogP contribution in [-0.2, 0) is 22.6 Å². The smallest absolute Gasteiger partial charge is 0.246 e. The van der Waals surface area contributed by atoms with E-state index in [0.29, 0.717) is 6.54 Å². The molecular weight excluding hydrogens is 352 g/mol. The molecule has 0 saturated carbocycles. The second-order valence-electron chi connectivity index (χ2n) is 6.58. The lowest BCUT2D eigenvalue weighted by atomic mass is 10.1. The maximum absolute atomic E-state index is 12.8. The number of aryl methyl sites for hydroxylation is 1. The first-order chi connectivity index (χ1) is 13.6. The summed E-state index contributed by atoms with van der Waals surface area (Å²) < 4.78 is 5.88. The fourth-order valence-electron chi connectivity index (χ4n) is 3.14. The SMILES string of the molecule is CCc1oc2ccccc2c1/C=C/C(=O)N(CCC(N)=O)Cc1ccccc1. The van der Waals surface area contributed by atoms with E-state index in [1.54, 1.807) is 17.1 Å². The summed E-state index contributed by atoms with van der Waals surface area (Å²) in [6.45, 7) is 2.72. The predicted octanol–water partition coefficient (Wildman–Crippen LogP) is 3.91. The van der Waals surface area contributed by atoms with Gasteiger partial charge < -0.3 is 15.1 Å². The third-order valence-electron chi connectivity index (χ3n) is 4.58. The van der Waals surface area contributed by atoms with Crippen LogP contribution >= 0.6 is 0 Å². The number of hydrogen-bond acceptors (Lipinski definition) is 3. The molecule has 1 aromatic heterocycles. The summed E-state index contributed by atoms with van der Waals surface area (Å²) in [5.74, 6) is 0.248. The monoisotopic (exact) mass is 376 g/mol. The molecule has 144 valence electrons. The van der Waals surface area contributed by atoms with E-state index in [2.05, 4.69) is 0 Å². The van der Waals surface area contributed by atoms with Crippen molar-refractivity contribution in [2.75, 3.05) is 6.54 Å². The van der Waals surface area contributed by atoms with Crippen LogP contribution in [0.25, 0.3) is 17.0 Å². The molecule has 0 saturated heterocycles. The highest BCUT2D eigenvalue weighted by atomic mass is 16.3. The summed E-state index contributed by atoms with van der Waals surface area (Å²) in [6, 6.07) is 17.5. The number of nitrogens with zero attached hydrogens (tertiary/aromatic N) is 1. The van der Waals surface area contributed by atoms with Gasteiger partial charge in [-0.2, -0.15) is 0 Å². The van der Waals surface area contributed by atoms with Crippen molar-refractivity contribution in [3.8, 4) is 0 Å². The Hall–Kier alpha value is -3.34. The van der Waals surface area contributed by atoms with Crippen molar-refractivity contribution in [1.29, 1.82) is 0 Å². The lowest BCUT2D eigenvalue weighted by Gasteiger charge is -2.20. The second kappa shape index (κ2) is 9.04. The number of para-hydroxylation sites is 1. The summed E-state index contributed by atoms with van der Waals surface area (Å²) in [4.78, 5) is 25.7. The first-order valence-corrected chi connectivity index (χ1v) is 9.38. The summed E-state index contributed by atoms with van der Waals surface area (Å²) in [5, 5.41) is 0.982. The standard InChI is InChI=1S/C23H24N2O3/c1-2-20-19(18-10-6-7-11-21(18)28-20)12-13-23(27)25(15-14-22(24)26)16-17-8-4-3-5-9-17/h3-13H,2,14-16H2,1H3,(H2,24,26)/b13-12+. The number of carbonyl (C=O) groups excluding carboxylic acids is 2. The van der Waals surface area contributed by atoms with Gasteiger partial charge in [0.15, 0.2) is 0 Å². The molecule has 0 bridgehead atoms. The first-order valence-electron chi connectivity index (χ1n) is 9.38. The molecule has 28 heavy (non-hydrogen) atoms. The number of primary amides is 1. The normalized spacial score (nSPS) is 11.2. The summed E-state index contributed by atoms with van der Waals surface area (Å²) in [5.41, 5.74) is 8.00. The van der Waals surface area contributed by atoms with Crippen LogP contribution in [0.3, 0.4) is 0 Å². The molecule has 0 radical (unpaired) electrons. The van der Waals surface area contributed by atoms with Crippen molar-refractivity contribution < 1.29 is 14.0 Å². The van der Waals surface area contributed by atoms with Crippen molar-refractivity contribution in [3.63, 3.8) is 0 Å². The van der Waals surface area contributed by atoms with Gasteiger partial charge >= 0.3 is 0 Å². The Morgan fingerprint density at radius 2 is 1.79 bits per heavy atom. The van der Waals surface area contributed by atoms with E-state index < -0.39 is 5.91 Å². The molecule has 0 aliphatic heterocycles. The van der Waals surface area contributed by atoms with E-state index in [1.807, 2.05) is 61.5 Å². The molecule has 2 N–H and O–H groups in total. The highest BCUT2D eigenvalue weighted by Crippen LogP contribution is 2.27. The van der Waals surface area contributed by atoms with E-state index in [0.717, 1.165) is 34.3 Å². The zero-order valence-corrected chi connectivity index (χ0v) is 15.9. The fourth-order valence-corrected chi connectivity index (χ4v) is 3.14. The highest BCUT2D eigenvalue weighted by Gasteiger charge is 2.14. The Morgan fingerprint density at radius 1 is 1.07 bits per heavy atom. The Labute approximate surface area is 164 Å². The van der Waals surface area contributed by atoms with Gasteiger partial charge in [-0.25, -0.2) is 0 Å². The number of furan rings is 1. The van der Waals surface area contributed by atoms with Gasteiger partial charge in [0.05, 0.1) is 0 Å². The van der Waals surface area contributed by atoms with Crippen LogP contribution in [0.1, 0.15) is 30.2 Å². The number of benzene rings is 2. The second-order valence-corrected chi connectivity index (χ2v) is 6.58. The first kappa shape index (κ1) is 19.4. The van der Waals surface area contributed by atoms with Crippen LogP contribution < -0.4 is 5.73 Å². The van der Waals surface area contributed by atoms with Crippen molar-refractivity contribution in [2.24, 2.45) is 5.73 Å². The zero-order chi connectivity index (χ0) is 19.9. The number of hydrogen-bond donors (Lipinski definition) is 1. The Balaban J connectivity index is 1.83. The van der Waals surface area contributed by atoms with Gasteiger partial charge in [0, 0.05) is 43.0 Å². The van der Waals surface area contributed by atoms with Gasteiger partial charge in [-0.3, -0.25) is 9.59 Å². The molecular formula is C23H24N2O3. The Morgan fingerprint density at radius 3 is 2.50 bits per heavy atom. The molecule has 5 heteroatoms. The van der Waals surface area contributed by atoms with Crippen molar-refractivity contribution in [3.05, 3.63) is 77.6 Å². The van der Waals surface area contributed by atoms with E-state index >= 15 is 0 Å². The Kier molecular flexibility index (Phi) is 6.27. The Bertz CT molecular complexity index is 990. The largest absolute Gasteiger partial charge is 0.460 e. The number of fused-ring (bicyclic) bond motifs is 1. The van der Waals surface area contributed by atoms with Gasteiger partial charge in [-0.1, -0.05) is 55.5 Å². The van der Waals surface area contributed by atoms with Crippen molar-refractivity contribution in [2.45, 2.75) is 26.3 Å². The van der Waals surface area contributed by atoms with Crippen molar-refractivity contribution in [1.82, 2.24) is 4.90 Å². The van der Waals surface area contributed by atoms with E-state index in [4.69, 9.17) is 10.2 Å². The quantitative estimate of drug-likeness (QED) is 0.606. The van der Waals surface area contributed by atoms with Gasteiger partial charge in [-0.15, -0.1) is 0 Å². The van der Waals surface area contributed by atoms with Crippen LogP contribution in [0.4, 0.5) is 0 Å². The van der Waals surface area contributed by atoms with Crippen molar-refractivity contribution >= 4 is 28.9 Å².